The first-order chi connectivity index (χ1) is 13.9. The third-order valence-electron chi connectivity index (χ3n) is 5.53. The molecule has 166 valence electrons. The van der Waals surface area contributed by atoms with Crippen molar-refractivity contribution in [2.45, 2.75) is 58.4 Å². The Morgan fingerprint density at radius 2 is 1.97 bits per heavy atom. The maximum Gasteiger partial charge on any atom is 0.358 e. The van der Waals surface area contributed by atoms with E-state index in [1.54, 1.807) is 27.7 Å². The quantitative estimate of drug-likeness (QED) is 0.353. The molecular formula is C20H28N2O7S. The molecule has 2 N–H and O–H groups in total. The molecule has 3 aliphatic rings. The molecular weight excluding hydrogens is 412 g/mol. The summed E-state index contributed by atoms with van der Waals surface area (Å²) in [5.74, 6) is -2.45. The molecule has 0 aliphatic carbocycles. The number of aliphatic hydroxyl groups excluding tert-OH is 1. The molecule has 9 nitrogen and oxygen atoms in total. The highest BCUT2D eigenvalue weighted by Crippen LogP contribution is 2.51. The number of ether oxygens (including phenoxy) is 2. The average Bonchev–Trinajstić information content (AvgIpc) is 3.14. The van der Waals surface area contributed by atoms with Gasteiger partial charge in [0.2, 0.25) is 18.6 Å². The maximum atomic E-state index is 12.9. The minimum Gasteiger partial charge on any atom is -0.427 e. The molecule has 0 radical (unpaired) electrons. The summed E-state index contributed by atoms with van der Waals surface area (Å²) in [5, 5.41) is 12.7. The normalized spacial score (nSPS) is 29.3. The van der Waals surface area contributed by atoms with Crippen LogP contribution in [0.25, 0.3) is 0 Å². The number of nitrogens with one attached hydrogen (secondary N) is 1. The van der Waals surface area contributed by atoms with E-state index in [4.69, 9.17) is 9.47 Å². The molecule has 0 saturated carbocycles. The van der Waals surface area contributed by atoms with Gasteiger partial charge in [-0.3, -0.25) is 14.4 Å². The number of hydrogen-bond acceptors (Lipinski definition) is 8. The summed E-state index contributed by atoms with van der Waals surface area (Å²) in [6.45, 7) is 8.42. The number of carbonyl (C=O) groups is 4. The van der Waals surface area contributed by atoms with Crippen LogP contribution in [0.4, 0.5) is 0 Å². The van der Waals surface area contributed by atoms with Crippen molar-refractivity contribution in [1.29, 1.82) is 0 Å². The van der Waals surface area contributed by atoms with E-state index >= 15 is 0 Å². The van der Waals surface area contributed by atoms with Crippen LogP contribution in [-0.2, 0) is 28.7 Å². The summed E-state index contributed by atoms with van der Waals surface area (Å²) < 4.78 is 10.2. The molecule has 3 aliphatic heterocycles. The second-order valence-electron chi connectivity index (χ2n) is 8.95. The van der Waals surface area contributed by atoms with Gasteiger partial charge in [-0.05, 0) is 27.7 Å². The molecule has 0 aromatic carbocycles. The van der Waals surface area contributed by atoms with Gasteiger partial charge in [-0.2, -0.15) is 0 Å². The van der Waals surface area contributed by atoms with E-state index < -0.39 is 36.2 Å². The molecule has 3 heterocycles. The molecule has 3 rings (SSSR count). The first kappa shape index (κ1) is 22.6. The Kier molecular flexibility index (Phi) is 6.20. The second-order valence-corrected chi connectivity index (χ2v) is 10.3. The fourth-order valence-electron chi connectivity index (χ4n) is 3.93. The predicted molar refractivity (Wildman–Crippen MR) is 108 cm³/mol. The number of rotatable bonds is 6. The molecule has 2 fully saturated rings. The molecule has 10 heteroatoms. The number of aliphatic hydroxyl groups is 1. The second kappa shape index (κ2) is 8.22. The first-order valence-corrected chi connectivity index (χ1v) is 10.8. The van der Waals surface area contributed by atoms with E-state index in [0.717, 1.165) is 0 Å². The number of thioether (sulfide) groups is 1. The number of nitrogens with zero attached hydrogens (tertiary/aromatic N) is 1. The molecule has 0 aromatic rings. The van der Waals surface area contributed by atoms with Gasteiger partial charge >= 0.3 is 11.9 Å². The Morgan fingerprint density at radius 3 is 2.50 bits per heavy atom. The van der Waals surface area contributed by atoms with E-state index in [2.05, 4.69) is 5.32 Å². The van der Waals surface area contributed by atoms with Gasteiger partial charge in [0.25, 0.3) is 0 Å². The summed E-state index contributed by atoms with van der Waals surface area (Å²) in [6.07, 6.45) is -0.518. The standard InChI is InChI=1S/C20H28N2O7S/c1-9-14-13(10(2)23)17(25)22(14)15(16(9)30-11-6-12(24)21-7-11)18(26)28-8-29-19(27)20(3,4)5/h9-11,13-14,23H,6-8H2,1-5H3,(H,21,24)/t9?,10?,11?,13?,14-/m1/s1. The minimum atomic E-state index is -0.842. The molecule has 4 unspecified atom stereocenters. The minimum absolute atomic E-state index is 0.0572. The lowest BCUT2D eigenvalue weighted by molar-refractivity contribution is -0.175. The first-order valence-electron chi connectivity index (χ1n) is 9.96. The van der Waals surface area contributed by atoms with Crippen molar-refractivity contribution in [2.75, 3.05) is 13.3 Å². The number of hydrogen-bond donors (Lipinski definition) is 2. The van der Waals surface area contributed by atoms with Gasteiger partial charge < -0.3 is 24.8 Å². The average molecular weight is 441 g/mol. The number of esters is 2. The molecule has 0 aromatic heterocycles. The lowest BCUT2D eigenvalue weighted by Gasteiger charge is -2.46. The third kappa shape index (κ3) is 4.07. The fourth-order valence-corrected chi connectivity index (χ4v) is 5.34. The van der Waals surface area contributed by atoms with E-state index in [1.165, 1.54) is 16.7 Å². The molecule has 5 atom stereocenters. The Morgan fingerprint density at radius 1 is 1.30 bits per heavy atom. The van der Waals surface area contributed by atoms with E-state index in [1.807, 2.05) is 6.92 Å². The van der Waals surface area contributed by atoms with Crippen LogP contribution < -0.4 is 5.32 Å². The van der Waals surface area contributed by atoms with Crippen LogP contribution in [0, 0.1) is 17.3 Å². The van der Waals surface area contributed by atoms with Crippen molar-refractivity contribution in [3.8, 4) is 0 Å². The molecule has 2 amide bonds. The van der Waals surface area contributed by atoms with E-state index in [9.17, 15) is 24.3 Å². The highest BCUT2D eigenvalue weighted by Gasteiger charge is 2.60. The number of amides is 2. The molecule has 30 heavy (non-hydrogen) atoms. The van der Waals surface area contributed by atoms with Crippen molar-refractivity contribution < 1.29 is 33.8 Å². The van der Waals surface area contributed by atoms with Crippen LogP contribution in [0.15, 0.2) is 10.6 Å². The van der Waals surface area contributed by atoms with Gasteiger partial charge in [0.05, 0.1) is 23.5 Å². The topological polar surface area (TPSA) is 122 Å². The summed E-state index contributed by atoms with van der Waals surface area (Å²) in [5.41, 5.74) is -0.620. The molecule has 2 saturated heterocycles. The number of carbonyl (C=O) groups excluding carboxylic acids is 4. The zero-order valence-electron chi connectivity index (χ0n) is 17.8. The van der Waals surface area contributed by atoms with Crippen LogP contribution in [0.1, 0.15) is 41.0 Å². The van der Waals surface area contributed by atoms with Crippen molar-refractivity contribution in [2.24, 2.45) is 17.3 Å². The summed E-state index contributed by atoms with van der Waals surface area (Å²) in [4.78, 5) is 51.0. The van der Waals surface area contributed by atoms with Gasteiger partial charge in [-0.1, -0.05) is 6.92 Å². The Balaban J connectivity index is 1.78. The number of β-lactam (4-membered cyclic amide) rings is 1. The molecule has 0 bridgehead atoms. The van der Waals surface area contributed by atoms with E-state index in [0.29, 0.717) is 17.9 Å². The van der Waals surface area contributed by atoms with Crippen LogP contribution in [0.5, 0.6) is 0 Å². The van der Waals surface area contributed by atoms with Gasteiger partial charge in [-0.25, -0.2) is 4.79 Å². The summed E-state index contributed by atoms with van der Waals surface area (Å²) in [6, 6.07) is -0.343. The van der Waals surface area contributed by atoms with Crippen LogP contribution in [0.2, 0.25) is 0 Å². The lowest BCUT2D eigenvalue weighted by atomic mass is 9.79. The van der Waals surface area contributed by atoms with Gasteiger partial charge in [-0.15, -0.1) is 11.8 Å². The Bertz CT molecular complexity index is 801. The summed E-state index contributed by atoms with van der Waals surface area (Å²) >= 11 is 1.38. The SMILES string of the molecule is CC(O)C1C(=O)N2C(C(=O)OCOC(=O)C(C)(C)C)=C(SC3CNC(=O)C3)C(C)[C@H]12. The Labute approximate surface area is 179 Å². The smallest absolute Gasteiger partial charge is 0.358 e. The maximum absolute atomic E-state index is 12.9. The highest BCUT2D eigenvalue weighted by molar-refractivity contribution is 8.03. The van der Waals surface area contributed by atoms with Crippen molar-refractivity contribution in [1.82, 2.24) is 10.2 Å². The van der Waals surface area contributed by atoms with Gasteiger partial charge in [0.1, 0.15) is 5.70 Å². The highest BCUT2D eigenvalue weighted by atomic mass is 32.2. The summed E-state index contributed by atoms with van der Waals surface area (Å²) in [7, 11) is 0. The number of fused-ring (bicyclic) bond motifs is 1. The van der Waals surface area contributed by atoms with Crippen molar-refractivity contribution in [3.63, 3.8) is 0 Å². The van der Waals surface area contributed by atoms with Gasteiger partial charge in [0, 0.05) is 29.0 Å². The van der Waals surface area contributed by atoms with Crippen molar-refractivity contribution in [3.05, 3.63) is 10.6 Å². The van der Waals surface area contributed by atoms with Crippen molar-refractivity contribution >= 4 is 35.5 Å². The fraction of sp³-hybridized carbons (Fsp3) is 0.700. The zero-order chi connectivity index (χ0) is 22.4. The van der Waals surface area contributed by atoms with E-state index in [-0.39, 0.29) is 34.7 Å². The van der Waals surface area contributed by atoms with Gasteiger partial charge in [0.15, 0.2) is 0 Å². The van der Waals surface area contributed by atoms with Crippen LogP contribution in [0.3, 0.4) is 0 Å². The lowest BCUT2D eigenvalue weighted by Crippen LogP contribution is -2.63. The third-order valence-corrected chi connectivity index (χ3v) is 7.01. The van der Waals surface area contributed by atoms with Crippen LogP contribution >= 0.6 is 11.8 Å². The zero-order valence-corrected chi connectivity index (χ0v) is 18.6. The largest absolute Gasteiger partial charge is 0.427 e. The Hall–Kier alpha value is -2.07. The monoisotopic (exact) mass is 440 g/mol. The predicted octanol–water partition coefficient (Wildman–Crippen LogP) is 0.767. The van der Waals surface area contributed by atoms with Crippen LogP contribution in [-0.4, -0.2) is 64.5 Å². The molecule has 0 spiro atoms.